The van der Waals surface area contributed by atoms with Gasteiger partial charge in [-0.25, -0.2) is 0 Å². The topological polar surface area (TPSA) is 119 Å². The Kier molecular flexibility index (Phi) is 5.06. The van der Waals surface area contributed by atoms with Crippen LogP contribution in [-0.2, 0) is 14.4 Å². The van der Waals surface area contributed by atoms with E-state index in [1.807, 2.05) is 23.6 Å². The molecule has 2 aliphatic rings. The number of carboxylic acid groups (broad SMARTS) is 1. The maximum Gasteiger partial charge on any atom is 0.256 e. The van der Waals surface area contributed by atoms with Crippen LogP contribution in [0.5, 0.6) is 0 Å². The molecule has 2 N–H and O–H groups in total. The van der Waals surface area contributed by atoms with Crippen molar-refractivity contribution in [3.8, 4) is 10.4 Å². The van der Waals surface area contributed by atoms with Crippen LogP contribution in [0.4, 0.5) is 5.69 Å². The van der Waals surface area contributed by atoms with Gasteiger partial charge in [0.1, 0.15) is 6.04 Å². The van der Waals surface area contributed by atoms with Gasteiger partial charge in [-0.1, -0.05) is 12.1 Å². The first kappa shape index (κ1) is 19.1. The number of hydrogen-bond acceptors (Lipinski definition) is 6. The summed E-state index contributed by atoms with van der Waals surface area (Å²) >= 11 is 1.56. The summed E-state index contributed by atoms with van der Waals surface area (Å²) in [7, 11) is 0. The number of fused-ring (bicyclic) bond motifs is 2. The van der Waals surface area contributed by atoms with E-state index in [1.54, 1.807) is 23.5 Å². The molecule has 4 rings (SSSR count). The Hall–Kier alpha value is -3.20. The number of aliphatic carboxylic acids is 1. The summed E-state index contributed by atoms with van der Waals surface area (Å²) < 4.78 is 0. The highest BCUT2D eigenvalue weighted by atomic mass is 32.1. The van der Waals surface area contributed by atoms with Gasteiger partial charge in [0.2, 0.25) is 11.8 Å². The van der Waals surface area contributed by atoms with Crippen molar-refractivity contribution < 1.29 is 24.3 Å². The average molecular weight is 412 g/mol. The van der Waals surface area contributed by atoms with Crippen molar-refractivity contribution in [2.45, 2.75) is 31.3 Å². The third-order valence-corrected chi connectivity index (χ3v) is 6.06. The van der Waals surface area contributed by atoms with Crippen LogP contribution in [0, 0.1) is 0 Å². The van der Waals surface area contributed by atoms with Gasteiger partial charge < -0.3 is 25.4 Å². The number of nitrogens with zero attached hydrogens (tertiary/aromatic N) is 1. The molecule has 1 fully saturated rings. The van der Waals surface area contributed by atoms with Gasteiger partial charge in [-0.15, -0.1) is 11.3 Å². The number of carboxylic acids is 1. The van der Waals surface area contributed by atoms with Gasteiger partial charge >= 0.3 is 0 Å². The van der Waals surface area contributed by atoms with Gasteiger partial charge in [0.25, 0.3) is 5.91 Å². The van der Waals surface area contributed by atoms with Crippen molar-refractivity contribution in [1.29, 1.82) is 0 Å². The number of anilines is 1. The van der Waals surface area contributed by atoms with Gasteiger partial charge in [-0.3, -0.25) is 14.4 Å². The van der Waals surface area contributed by atoms with Gasteiger partial charge in [-0.05, 0) is 42.0 Å². The lowest BCUT2D eigenvalue weighted by Gasteiger charge is -2.25. The molecular weight excluding hydrogens is 394 g/mol. The average Bonchev–Trinajstić information content (AvgIpc) is 3.34. The molecular formula is C20H18N3O5S-. The number of rotatable bonds is 5. The van der Waals surface area contributed by atoms with Crippen molar-refractivity contribution in [2.24, 2.45) is 0 Å². The van der Waals surface area contributed by atoms with Gasteiger partial charge in [0.15, 0.2) is 0 Å². The Morgan fingerprint density at radius 2 is 2.07 bits per heavy atom. The van der Waals surface area contributed by atoms with Crippen LogP contribution in [0.3, 0.4) is 0 Å². The fraction of sp³-hybridized carbons (Fsp3) is 0.300. The molecule has 1 aromatic carbocycles. The minimum Gasteiger partial charge on any atom is -0.550 e. The summed E-state index contributed by atoms with van der Waals surface area (Å²) in [4.78, 5) is 51.0. The molecule has 1 aromatic heterocycles. The molecule has 0 aliphatic carbocycles. The van der Waals surface area contributed by atoms with Crippen LogP contribution < -0.4 is 15.7 Å². The standard InChI is InChI=1S/C20H19N3O5S/c24-16(5-6-17(25)26)21-14-7-8-23-18(14)19(27)22-13-4-3-11(10-12(13)20(23)28)15-2-1-9-29-15/h1-4,9-10,14,18H,5-8H2,(H,21,24)(H,22,27)(H,25,26)/p-1/t14-,18-/m0/s1. The minimum absolute atomic E-state index is 0.231. The van der Waals surface area contributed by atoms with E-state index in [4.69, 9.17) is 0 Å². The van der Waals surface area contributed by atoms with Crippen LogP contribution in [0.15, 0.2) is 35.7 Å². The Morgan fingerprint density at radius 3 is 2.79 bits per heavy atom. The van der Waals surface area contributed by atoms with E-state index in [0.29, 0.717) is 24.2 Å². The van der Waals surface area contributed by atoms with Crippen molar-refractivity contribution in [3.63, 3.8) is 0 Å². The highest BCUT2D eigenvalue weighted by molar-refractivity contribution is 7.13. The summed E-state index contributed by atoms with van der Waals surface area (Å²) in [6, 6.07) is 7.83. The molecule has 150 valence electrons. The van der Waals surface area contributed by atoms with Crippen LogP contribution in [0.25, 0.3) is 10.4 Å². The van der Waals surface area contributed by atoms with Gasteiger partial charge in [-0.2, -0.15) is 0 Å². The van der Waals surface area contributed by atoms with E-state index in [0.717, 1.165) is 10.4 Å². The number of amides is 3. The van der Waals surface area contributed by atoms with Crippen LogP contribution in [0.2, 0.25) is 0 Å². The Balaban J connectivity index is 1.57. The molecule has 1 saturated heterocycles. The van der Waals surface area contributed by atoms with E-state index in [1.165, 1.54) is 4.90 Å². The zero-order valence-corrected chi connectivity index (χ0v) is 16.2. The van der Waals surface area contributed by atoms with E-state index < -0.39 is 30.4 Å². The molecule has 0 saturated carbocycles. The highest BCUT2D eigenvalue weighted by Gasteiger charge is 2.45. The number of hydrogen-bond donors (Lipinski definition) is 2. The van der Waals surface area contributed by atoms with E-state index in [9.17, 15) is 24.3 Å². The van der Waals surface area contributed by atoms with E-state index in [2.05, 4.69) is 10.6 Å². The van der Waals surface area contributed by atoms with Gasteiger partial charge in [0, 0.05) is 23.8 Å². The summed E-state index contributed by atoms with van der Waals surface area (Å²) in [5, 5.41) is 18.0. The maximum atomic E-state index is 13.2. The largest absolute Gasteiger partial charge is 0.550 e. The lowest BCUT2D eigenvalue weighted by molar-refractivity contribution is -0.305. The SMILES string of the molecule is O=C([O-])CCC(=O)N[C@H]1CCN2C(=O)c3cc(-c4cccs4)ccc3NC(=O)[C@H]12. The number of carbonyl (C=O) groups is 4. The fourth-order valence-electron chi connectivity index (χ4n) is 3.78. The molecule has 2 atom stereocenters. The molecule has 29 heavy (non-hydrogen) atoms. The number of benzene rings is 1. The number of thiophene rings is 1. The second-order valence-electron chi connectivity index (χ2n) is 7.00. The minimum atomic E-state index is -1.31. The molecule has 0 bridgehead atoms. The lowest BCUT2D eigenvalue weighted by atomic mass is 10.1. The summed E-state index contributed by atoms with van der Waals surface area (Å²) in [5.74, 6) is -2.44. The van der Waals surface area contributed by atoms with Crippen molar-refractivity contribution >= 4 is 40.7 Å². The predicted octanol–water partition coefficient (Wildman–Crippen LogP) is 0.597. The van der Waals surface area contributed by atoms with Crippen LogP contribution in [-0.4, -0.2) is 47.2 Å². The fourth-order valence-corrected chi connectivity index (χ4v) is 4.50. The second-order valence-corrected chi connectivity index (χ2v) is 7.95. The van der Waals surface area contributed by atoms with Crippen molar-refractivity contribution in [1.82, 2.24) is 10.2 Å². The Morgan fingerprint density at radius 1 is 1.24 bits per heavy atom. The highest BCUT2D eigenvalue weighted by Crippen LogP contribution is 2.33. The molecule has 0 radical (unpaired) electrons. The molecule has 2 aliphatic heterocycles. The zero-order valence-electron chi connectivity index (χ0n) is 15.3. The number of nitrogens with one attached hydrogen (secondary N) is 2. The maximum absolute atomic E-state index is 13.2. The Labute approximate surface area is 170 Å². The van der Waals surface area contributed by atoms with Gasteiger partial charge in [0.05, 0.1) is 17.3 Å². The summed E-state index contributed by atoms with van der Waals surface area (Å²) in [6.07, 6.45) is -0.207. The molecule has 0 unspecified atom stereocenters. The Bertz CT molecular complexity index is 988. The smallest absolute Gasteiger partial charge is 0.256 e. The van der Waals surface area contributed by atoms with E-state index >= 15 is 0 Å². The molecule has 9 heteroatoms. The lowest BCUT2D eigenvalue weighted by Crippen LogP contribution is -2.51. The first-order valence-electron chi connectivity index (χ1n) is 9.23. The van der Waals surface area contributed by atoms with Crippen LogP contribution >= 0.6 is 11.3 Å². The predicted molar refractivity (Wildman–Crippen MR) is 104 cm³/mol. The normalized spacial score (nSPS) is 20.5. The van der Waals surface area contributed by atoms with Crippen molar-refractivity contribution in [2.75, 3.05) is 11.9 Å². The zero-order chi connectivity index (χ0) is 20.5. The first-order chi connectivity index (χ1) is 13.9. The third kappa shape index (κ3) is 3.73. The molecule has 3 heterocycles. The molecule has 3 amide bonds. The summed E-state index contributed by atoms with van der Waals surface area (Å²) in [5.41, 5.74) is 1.75. The third-order valence-electron chi connectivity index (χ3n) is 5.14. The van der Waals surface area contributed by atoms with E-state index in [-0.39, 0.29) is 18.2 Å². The molecule has 0 spiro atoms. The van der Waals surface area contributed by atoms with Crippen molar-refractivity contribution in [3.05, 3.63) is 41.3 Å². The first-order valence-corrected chi connectivity index (χ1v) is 10.1. The van der Waals surface area contributed by atoms with Crippen LogP contribution in [0.1, 0.15) is 29.6 Å². The number of carbonyl (C=O) groups excluding carboxylic acids is 4. The summed E-state index contributed by atoms with van der Waals surface area (Å²) in [6.45, 7) is 0.324. The monoisotopic (exact) mass is 412 g/mol. The quantitative estimate of drug-likeness (QED) is 0.745. The molecule has 8 nitrogen and oxygen atoms in total. The second kappa shape index (κ2) is 7.67. The molecule has 2 aromatic rings.